The minimum Gasteiger partial charge on any atom is -0.350 e. The number of aromatic nitrogens is 1. The molecule has 0 saturated carbocycles. The minimum absolute atomic E-state index is 1.11. The topological polar surface area (TPSA) is 8.17 Å². The lowest BCUT2D eigenvalue weighted by atomic mass is 10.2. The van der Waals surface area contributed by atoms with Crippen molar-refractivity contribution in [3.05, 3.63) is 23.0 Å². The van der Waals surface area contributed by atoms with E-state index >= 15 is 0 Å². The van der Waals surface area contributed by atoms with Crippen molar-refractivity contribution in [1.29, 1.82) is 0 Å². The molecule has 0 aliphatic carbocycles. The van der Waals surface area contributed by atoms with Crippen LogP contribution in [0.5, 0.6) is 0 Å². The smallest absolute Gasteiger partial charge is 0.0350 e. The molecule has 15 heavy (non-hydrogen) atoms. The average Bonchev–Trinajstić information content (AvgIpc) is 2.48. The molecule has 0 bridgehead atoms. The molecule has 1 rings (SSSR count). The average molecular weight is 208 g/mol. The SMILES string of the molecule is CCN(CC)CCn1cc(C)c(C)c1C. The first kappa shape index (κ1) is 12.3. The minimum atomic E-state index is 1.11. The van der Waals surface area contributed by atoms with Gasteiger partial charge in [0.2, 0.25) is 0 Å². The first-order valence-corrected chi connectivity index (χ1v) is 5.95. The standard InChI is InChI=1S/C13H24N2/c1-6-14(7-2)8-9-15-10-11(3)12(4)13(15)5/h10H,6-9H2,1-5H3. The second kappa shape index (κ2) is 5.36. The molecule has 0 spiro atoms. The van der Waals surface area contributed by atoms with Crippen molar-refractivity contribution < 1.29 is 0 Å². The largest absolute Gasteiger partial charge is 0.350 e. The molecule has 1 aromatic heterocycles. The molecule has 0 aliphatic rings. The van der Waals surface area contributed by atoms with Gasteiger partial charge in [0.25, 0.3) is 0 Å². The summed E-state index contributed by atoms with van der Waals surface area (Å²) in [4.78, 5) is 2.46. The van der Waals surface area contributed by atoms with Crippen molar-refractivity contribution in [2.75, 3.05) is 19.6 Å². The van der Waals surface area contributed by atoms with Gasteiger partial charge in [0.05, 0.1) is 0 Å². The van der Waals surface area contributed by atoms with Crippen molar-refractivity contribution in [2.24, 2.45) is 0 Å². The molecule has 1 aromatic rings. The molecule has 0 N–H and O–H groups in total. The maximum Gasteiger partial charge on any atom is 0.0350 e. The summed E-state index contributed by atoms with van der Waals surface area (Å²) in [6.45, 7) is 15.6. The lowest BCUT2D eigenvalue weighted by Crippen LogP contribution is -2.27. The third-order valence-corrected chi connectivity index (χ3v) is 3.47. The molecule has 0 aliphatic heterocycles. The van der Waals surface area contributed by atoms with Crippen molar-refractivity contribution >= 4 is 0 Å². The summed E-state index contributed by atoms with van der Waals surface area (Å²) >= 11 is 0. The van der Waals surface area contributed by atoms with E-state index in [0.717, 1.165) is 26.2 Å². The van der Waals surface area contributed by atoms with Crippen molar-refractivity contribution in [3.63, 3.8) is 0 Å². The monoisotopic (exact) mass is 208 g/mol. The number of hydrogen-bond acceptors (Lipinski definition) is 1. The molecule has 1 heterocycles. The fraction of sp³-hybridized carbons (Fsp3) is 0.692. The Bertz CT molecular complexity index is 309. The number of likely N-dealkylation sites (N-methyl/N-ethyl adjacent to an activating group) is 1. The summed E-state index contributed by atoms with van der Waals surface area (Å²) in [5.41, 5.74) is 4.27. The maximum absolute atomic E-state index is 2.46. The molecule has 0 radical (unpaired) electrons. The van der Waals surface area contributed by atoms with Crippen molar-refractivity contribution in [3.8, 4) is 0 Å². The molecule has 2 nitrogen and oxygen atoms in total. The Kier molecular flexibility index (Phi) is 4.40. The molecule has 0 saturated heterocycles. The van der Waals surface area contributed by atoms with E-state index in [9.17, 15) is 0 Å². The number of rotatable bonds is 5. The summed E-state index contributed by atoms with van der Waals surface area (Å²) in [6.07, 6.45) is 2.27. The quantitative estimate of drug-likeness (QED) is 0.722. The molecular weight excluding hydrogens is 184 g/mol. The Morgan fingerprint density at radius 3 is 2.13 bits per heavy atom. The molecule has 0 fully saturated rings. The Hall–Kier alpha value is -0.760. The van der Waals surface area contributed by atoms with Gasteiger partial charge in [-0.25, -0.2) is 0 Å². The van der Waals surface area contributed by atoms with Gasteiger partial charge >= 0.3 is 0 Å². The molecule has 0 unspecified atom stereocenters. The third kappa shape index (κ3) is 2.85. The Morgan fingerprint density at radius 1 is 1.13 bits per heavy atom. The molecule has 86 valence electrons. The van der Waals surface area contributed by atoms with Crippen molar-refractivity contribution in [1.82, 2.24) is 9.47 Å². The molecule has 2 heteroatoms. The van der Waals surface area contributed by atoms with Crippen LogP contribution in [0.3, 0.4) is 0 Å². The summed E-state index contributed by atoms with van der Waals surface area (Å²) in [7, 11) is 0. The van der Waals surface area contributed by atoms with Gasteiger partial charge in [0.15, 0.2) is 0 Å². The second-order valence-corrected chi connectivity index (χ2v) is 4.24. The zero-order valence-electron chi connectivity index (χ0n) is 10.8. The van der Waals surface area contributed by atoms with Gasteiger partial charge in [-0.1, -0.05) is 13.8 Å². The summed E-state index contributed by atoms with van der Waals surface area (Å²) in [5, 5.41) is 0. The van der Waals surface area contributed by atoms with E-state index in [0.29, 0.717) is 0 Å². The Labute approximate surface area is 93.9 Å². The zero-order valence-corrected chi connectivity index (χ0v) is 10.8. The van der Waals surface area contributed by atoms with Gasteiger partial charge in [-0.15, -0.1) is 0 Å². The highest BCUT2D eigenvalue weighted by atomic mass is 15.1. The van der Waals surface area contributed by atoms with Crippen LogP contribution in [0.4, 0.5) is 0 Å². The van der Waals surface area contributed by atoms with Crippen LogP contribution in [0.15, 0.2) is 6.20 Å². The van der Waals surface area contributed by atoms with E-state index in [4.69, 9.17) is 0 Å². The van der Waals surface area contributed by atoms with Crippen LogP contribution >= 0.6 is 0 Å². The molecule has 0 aromatic carbocycles. The summed E-state index contributed by atoms with van der Waals surface area (Å²) in [5.74, 6) is 0. The normalized spacial score (nSPS) is 11.3. The van der Waals surface area contributed by atoms with Gasteiger partial charge in [0, 0.05) is 25.0 Å². The van der Waals surface area contributed by atoms with Gasteiger partial charge in [-0.05, 0) is 45.0 Å². The molecule has 0 amide bonds. The lowest BCUT2D eigenvalue weighted by Gasteiger charge is -2.18. The highest BCUT2D eigenvalue weighted by molar-refractivity contribution is 5.28. The fourth-order valence-electron chi connectivity index (χ4n) is 1.95. The van der Waals surface area contributed by atoms with Crippen LogP contribution in [0.25, 0.3) is 0 Å². The highest BCUT2D eigenvalue weighted by Crippen LogP contribution is 2.14. The van der Waals surface area contributed by atoms with Gasteiger partial charge in [-0.2, -0.15) is 0 Å². The third-order valence-electron chi connectivity index (χ3n) is 3.47. The second-order valence-electron chi connectivity index (χ2n) is 4.24. The predicted molar refractivity (Wildman–Crippen MR) is 66.4 cm³/mol. The zero-order chi connectivity index (χ0) is 11.4. The lowest BCUT2D eigenvalue weighted by molar-refractivity contribution is 0.290. The molecule has 0 atom stereocenters. The van der Waals surface area contributed by atoms with Gasteiger partial charge in [0.1, 0.15) is 0 Å². The van der Waals surface area contributed by atoms with Crippen LogP contribution in [0.1, 0.15) is 30.7 Å². The highest BCUT2D eigenvalue weighted by Gasteiger charge is 2.06. The van der Waals surface area contributed by atoms with Crippen LogP contribution in [0.2, 0.25) is 0 Å². The van der Waals surface area contributed by atoms with Crippen LogP contribution in [-0.2, 0) is 6.54 Å². The van der Waals surface area contributed by atoms with E-state index in [-0.39, 0.29) is 0 Å². The maximum atomic E-state index is 2.46. The van der Waals surface area contributed by atoms with Crippen LogP contribution in [-0.4, -0.2) is 29.1 Å². The van der Waals surface area contributed by atoms with E-state index in [1.807, 2.05) is 0 Å². The first-order chi connectivity index (χ1) is 7.10. The van der Waals surface area contributed by atoms with E-state index in [1.54, 1.807) is 0 Å². The van der Waals surface area contributed by atoms with Gasteiger partial charge < -0.3 is 9.47 Å². The van der Waals surface area contributed by atoms with E-state index < -0.39 is 0 Å². The number of nitrogens with zero attached hydrogens (tertiary/aromatic N) is 2. The fourth-order valence-corrected chi connectivity index (χ4v) is 1.95. The Balaban J connectivity index is 2.61. The van der Waals surface area contributed by atoms with Crippen LogP contribution in [0, 0.1) is 20.8 Å². The van der Waals surface area contributed by atoms with Gasteiger partial charge in [-0.3, -0.25) is 0 Å². The summed E-state index contributed by atoms with van der Waals surface area (Å²) < 4.78 is 2.38. The number of aryl methyl sites for hydroxylation is 1. The van der Waals surface area contributed by atoms with E-state index in [1.165, 1.54) is 16.8 Å². The first-order valence-electron chi connectivity index (χ1n) is 5.95. The Morgan fingerprint density at radius 2 is 1.73 bits per heavy atom. The van der Waals surface area contributed by atoms with Crippen molar-refractivity contribution in [2.45, 2.75) is 41.2 Å². The predicted octanol–water partition coefficient (Wildman–Crippen LogP) is 2.76. The molecular formula is C13H24N2. The summed E-state index contributed by atoms with van der Waals surface area (Å²) in [6, 6.07) is 0. The van der Waals surface area contributed by atoms with E-state index in [2.05, 4.69) is 50.3 Å². The van der Waals surface area contributed by atoms with Crippen LogP contribution < -0.4 is 0 Å². The number of hydrogen-bond donors (Lipinski definition) is 0.